The predicted octanol–water partition coefficient (Wildman–Crippen LogP) is -0.365. The first kappa shape index (κ1) is 26.8. The van der Waals surface area contributed by atoms with Gasteiger partial charge in [-0.05, 0) is 30.9 Å². The summed E-state index contributed by atoms with van der Waals surface area (Å²) < 4.78 is 0. The van der Waals surface area contributed by atoms with E-state index in [1.807, 2.05) is 31.2 Å². The van der Waals surface area contributed by atoms with Crippen molar-refractivity contribution in [1.82, 2.24) is 20.9 Å². The number of carboxylic acid groups (broad SMARTS) is 1. The number of rotatable bonds is 12. The Hall–Kier alpha value is -3.44. The first-order valence-electron chi connectivity index (χ1n) is 11.1. The molecule has 11 heteroatoms. The number of aromatic amines is 1. The van der Waals surface area contributed by atoms with E-state index in [4.69, 9.17) is 5.73 Å². The number of hydrogen-bond acceptors (Lipinski definition) is 6. The number of fused-ring (bicyclic) bond motifs is 1. The van der Waals surface area contributed by atoms with Gasteiger partial charge < -0.3 is 36.9 Å². The van der Waals surface area contributed by atoms with E-state index in [2.05, 4.69) is 20.9 Å². The van der Waals surface area contributed by atoms with Crippen molar-refractivity contribution in [3.05, 3.63) is 36.0 Å². The molecule has 186 valence electrons. The second-order valence-corrected chi connectivity index (χ2v) is 8.38. The Kier molecular flexibility index (Phi) is 9.58. The Morgan fingerprint density at radius 2 is 1.74 bits per heavy atom. The number of carbonyl (C=O) groups excluding carboxylic acids is 3. The monoisotopic (exact) mass is 475 g/mol. The zero-order chi connectivity index (χ0) is 25.4. The molecule has 2 aromatic rings. The van der Waals surface area contributed by atoms with Gasteiger partial charge in [-0.25, -0.2) is 4.79 Å². The number of para-hydroxylation sites is 1. The molecule has 2 rings (SSSR count). The Labute approximate surface area is 197 Å². The molecule has 8 N–H and O–H groups in total. The van der Waals surface area contributed by atoms with Crippen molar-refractivity contribution in [2.45, 2.75) is 57.8 Å². The van der Waals surface area contributed by atoms with Crippen LogP contribution in [0.5, 0.6) is 0 Å². The summed E-state index contributed by atoms with van der Waals surface area (Å²) >= 11 is 0. The Bertz CT molecular complexity index is 1020. The van der Waals surface area contributed by atoms with E-state index in [0.29, 0.717) is 6.42 Å². The summed E-state index contributed by atoms with van der Waals surface area (Å²) in [6.07, 6.45) is 1.25. The van der Waals surface area contributed by atoms with E-state index in [9.17, 15) is 29.4 Å². The zero-order valence-corrected chi connectivity index (χ0v) is 19.5. The quantitative estimate of drug-likeness (QED) is 0.218. The number of aliphatic hydroxyl groups excluding tert-OH is 1. The Morgan fingerprint density at radius 3 is 2.35 bits per heavy atom. The van der Waals surface area contributed by atoms with Gasteiger partial charge in [0.2, 0.25) is 17.7 Å². The average molecular weight is 476 g/mol. The van der Waals surface area contributed by atoms with Crippen molar-refractivity contribution >= 4 is 34.6 Å². The van der Waals surface area contributed by atoms with Crippen molar-refractivity contribution in [3.8, 4) is 0 Å². The number of aliphatic carboxylic acids is 1. The zero-order valence-electron chi connectivity index (χ0n) is 19.5. The maximum Gasteiger partial charge on any atom is 0.328 e. The van der Waals surface area contributed by atoms with Gasteiger partial charge in [0.1, 0.15) is 6.04 Å². The highest BCUT2D eigenvalue weighted by Gasteiger charge is 2.32. The summed E-state index contributed by atoms with van der Waals surface area (Å²) in [5.41, 5.74) is 7.82. The summed E-state index contributed by atoms with van der Waals surface area (Å²) in [6, 6.07) is 4.17. The number of nitrogens with one attached hydrogen (secondary N) is 4. The predicted molar refractivity (Wildman–Crippen MR) is 126 cm³/mol. The van der Waals surface area contributed by atoms with E-state index < -0.39 is 54.5 Å². The first-order chi connectivity index (χ1) is 16.0. The van der Waals surface area contributed by atoms with Gasteiger partial charge in [-0.3, -0.25) is 14.4 Å². The number of aliphatic hydroxyl groups is 1. The van der Waals surface area contributed by atoms with E-state index in [1.54, 1.807) is 13.1 Å². The van der Waals surface area contributed by atoms with Gasteiger partial charge in [0, 0.05) is 17.1 Å². The number of carbonyl (C=O) groups is 4. The first-order valence-corrected chi connectivity index (χ1v) is 11.1. The number of aromatic nitrogens is 1. The van der Waals surface area contributed by atoms with Crippen LogP contribution in [0.2, 0.25) is 0 Å². The smallest absolute Gasteiger partial charge is 0.328 e. The molecule has 0 saturated heterocycles. The second kappa shape index (κ2) is 12.1. The SMILES string of the molecule is CCC(C)C(NC(=O)CNC(=O)C(N)Cc1c[nH]c2ccccc12)C(=O)NC(C(=O)O)C(C)O. The van der Waals surface area contributed by atoms with E-state index in [-0.39, 0.29) is 12.3 Å². The molecule has 5 atom stereocenters. The number of hydrogen-bond donors (Lipinski definition) is 7. The lowest BCUT2D eigenvalue weighted by molar-refractivity contribution is -0.145. The summed E-state index contributed by atoms with van der Waals surface area (Å²) in [5.74, 6) is -3.61. The Morgan fingerprint density at radius 1 is 1.06 bits per heavy atom. The lowest BCUT2D eigenvalue weighted by Crippen LogP contribution is -2.57. The number of carboxylic acids is 1. The summed E-state index contributed by atoms with van der Waals surface area (Å²) in [5, 5.41) is 27.0. The standard InChI is InChI=1S/C23H33N5O6/c1-4-12(2)19(22(32)28-20(13(3)29)23(33)34)27-18(30)11-26-21(31)16(24)9-14-10-25-17-8-6-5-7-15(14)17/h5-8,10,12-13,16,19-20,25,29H,4,9,11,24H2,1-3H3,(H,26,31)(H,27,30)(H,28,32)(H,33,34). The topological polar surface area (TPSA) is 187 Å². The number of H-pyrrole nitrogens is 1. The van der Waals surface area contributed by atoms with Gasteiger partial charge in [0.25, 0.3) is 0 Å². The fourth-order valence-electron chi connectivity index (χ4n) is 3.49. The molecule has 0 spiro atoms. The molecule has 5 unspecified atom stereocenters. The van der Waals surface area contributed by atoms with Crippen molar-refractivity contribution in [3.63, 3.8) is 0 Å². The molecule has 3 amide bonds. The van der Waals surface area contributed by atoms with Crippen LogP contribution in [0.15, 0.2) is 30.5 Å². The molecule has 34 heavy (non-hydrogen) atoms. The molecule has 11 nitrogen and oxygen atoms in total. The summed E-state index contributed by atoms with van der Waals surface area (Å²) in [4.78, 5) is 51.8. The molecule has 1 aromatic heterocycles. The molecule has 1 aromatic carbocycles. The van der Waals surface area contributed by atoms with Crippen molar-refractivity contribution in [2.75, 3.05) is 6.54 Å². The molecule has 0 fully saturated rings. The van der Waals surface area contributed by atoms with Crippen LogP contribution in [0, 0.1) is 5.92 Å². The van der Waals surface area contributed by atoms with Crippen LogP contribution in [0.1, 0.15) is 32.8 Å². The molecule has 0 bridgehead atoms. The fourth-order valence-corrected chi connectivity index (χ4v) is 3.49. The van der Waals surface area contributed by atoms with Crippen molar-refractivity contribution in [1.29, 1.82) is 0 Å². The van der Waals surface area contributed by atoms with Gasteiger partial charge in [0.05, 0.1) is 18.7 Å². The molecule has 0 radical (unpaired) electrons. The highest BCUT2D eigenvalue weighted by Crippen LogP contribution is 2.18. The van der Waals surface area contributed by atoms with E-state index in [0.717, 1.165) is 16.5 Å². The van der Waals surface area contributed by atoms with Crippen LogP contribution in [0.3, 0.4) is 0 Å². The minimum absolute atomic E-state index is 0.269. The van der Waals surface area contributed by atoms with Gasteiger partial charge >= 0.3 is 5.97 Å². The van der Waals surface area contributed by atoms with Crippen LogP contribution in [-0.4, -0.2) is 69.7 Å². The van der Waals surface area contributed by atoms with Crippen molar-refractivity contribution < 1.29 is 29.4 Å². The van der Waals surface area contributed by atoms with E-state index >= 15 is 0 Å². The third-order valence-electron chi connectivity index (χ3n) is 5.73. The van der Waals surface area contributed by atoms with Gasteiger partial charge in [-0.1, -0.05) is 38.5 Å². The number of nitrogens with two attached hydrogens (primary N) is 1. The highest BCUT2D eigenvalue weighted by molar-refractivity contribution is 5.93. The molecule has 0 aliphatic heterocycles. The minimum atomic E-state index is -1.52. The van der Waals surface area contributed by atoms with Crippen molar-refractivity contribution in [2.24, 2.45) is 11.7 Å². The fraction of sp³-hybridized carbons (Fsp3) is 0.478. The molecular formula is C23H33N5O6. The van der Waals surface area contributed by atoms with Crippen LogP contribution in [0.4, 0.5) is 0 Å². The van der Waals surface area contributed by atoms with Gasteiger partial charge in [-0.2, -0.15) is 0 Å². The Balaban J connectivity index is 1.93. The van der Waals surface area contributed by atoms with Crippen LogP contribution < -0.4 is 21.7 Å². The molecular weight excluding hydrogens is 442 g/mol. The molecule has 0 aliphatic carbocycles. The van der Waals surface area contributed by atoms with Crippen LogP contribution in [0.25, 0.3) is 10.9 Å². The maximum absolute atomic E-state index is 12.6. The lowest BCUT2D eigenvalue weighted by Gasteiger charge is -2.26. The molecule has 0 aliphatic rings. The number of benzene rings is 1. The third kappa shape index (κ3) is 7.03. The third-order valence-corrected chi connectivity index (χ3v) is 5.73. The minimum Gasteiger partial charge on any atom is -0.480 e. The summed E-state index contributed by atoms with van der Waals surface area (Å²) in [7, 11) is 0. The van der Waals surface area contributed by atoms with Crippen LogP contribution >= 0.6 is 0 Å². The normalized spacial score (nSPS) is 15.6. The number of amides is 3. The highest BCUT2D eigenvalue weighted by atomic mass is 16.4. The lowest BCUT2D eigenvalue weighted by atomic mass is 9.97. The maximum atomic E-state index is 12.6. The van der Waals surface area contributed by atoms with Gasteiger partial charge in [-0.15, -0.1) is 0 Å². The summed E-state index contributed by atoms with van der Waals surface area (Å²) in [6.45, 7) is 4.37. The average Bonchev–Trinajstić information content (AvgIpc) is 3.20. The molecule has 1 heterocycles. The largest absolute Gasteiger partial charge is 0.480 e. The second-order valence-electron chi connectivity index (χ2n) is 8.38. The van der Waals surface area contributed by atoms with Crippen LogP contribution in [-0.2, 0) is 25.6 Å². The van der Waals surface area contributed by atoms with E-state index in [1.165, 1.54) is 6.92 Å². The molecule has 0 saturated carbocycles. The van der Waals surface area contributed by atoms with Gasteiger partial charge in [0.15, 0.2) is 6.04 Å².